The average molecular weight is 264 g/mol. The SMILES string of the molecule is COC(=O)c1cncc(N2CCN(C(C)C)CC2)n1. The van der Waals surface area contributed by atoms with Crippen molar-refractivity contribution < 1.29 is 9.53 Å². The molecule has 1 aromatic heterocycles. The number of nitrogens with zero attached hydrogens (tertiary/aromatic N) is 4. The Morgan fingerprint density at radius 1 is 1.26 bits per heavy atom. The molecule has 19 heavy (non-hydrogen) atoms. The Morgan fingerprint density at radius 2 is 1.95 bits per heavy atom. The van der Waals surface area contributed by atoms with Crippen LogP contribution < -0.4 is 4.90 Å². The van der Waals surface area contributed by atoms with Crippen molar-refractivity contribution in [2.75, 3.05) is 38.2 Å². The molecule has 1 fully saturated rings. The van der Waals surface area contributed by atoms with E-state index in [-0.39, 0.29) is 5.69 Å². The number of aromatic nitrogens is 2. The minimum atomic E-state index is -0.449. The summed E-state index contributed by atoms with van der Waals surface area (Å²) in [4.78, 5) is 24.4. The summed E-state index contributed by atoms with van der Waals surface area (Å²) in [6.45, 7) is 8.21. The molecule has 1 aromatic rings. The average Bonchev–Trinajstić information content (AvgIpc) is 2.46. The smallest absolute Gasteiger partial charge is 0.358 e. The summed E-state index contributed by atoms with van der Waals surface area (Å²) in [5.41, 5.74) is 0.256. The van der Waals surface area contributed by atoms with Crippen molar-refractivity contribution in [2.45, 2.75) is 19.9 Å². The first-order valence-electron chi connectivity index (χ1n) is 6.51. The fourth-order valence-electron chi connectivity index (χ4n) is 2.18. The quantitative estimate of drug-likeness (QED) is 0.752. The van der Waals surface area contributed by atoms with Crippen LogP contribution in [-0.4, -0.2) is 60.2 Å². The molecule has 1 saturated heterocycles. The van der Waals surface area contributed by atoms with Crippen LogP contribution >= 0.6 is 0 Å². The predicted octanol–water partition coefficient (Wildman–Crippen LogP) is 0.794. The molecule has 0 aliphatic carbocycles. The van der Waals surface area contributed by atoms with Gasteiger partial charge in [0.05, 0.1) is 19.5 Å². The van der Waals surface area contributed by atoms with Gasteiger partial charge in [0.2, 0.25) is 0 Å². The molecule has 2 heterocycles. The van der Waals surface area contributed by atoms with Crippen molar-refractivity contribution in [3.05, 3.63) is 18.1 Å². The molecular formula is C13H20N4O2. The van der Waals surface area contributed by atoms with Crippen molar-refractivity contribution in [3.63, 3.8) is 0 Å². The molecule has 0 bridgehead atoms. The van der Waals surface area contributed by atoms with Crippen molar-refractivity contribution >= 4 is 11.8 Å². The second-order valence-electron chi connectivity index (χ2n) is 4.87. The molecule has 0 saturated carbocycles. The number of carbonyl (C=O) groups is 1. The number of anilines is 1. The van der Waals surface area contributed by atoms with Gasteiger partial charge in [-0.25, -0.2) is 9.78 Å². The molecule has 0 radical (unpaired) electrons. The lowest BCUT2D eigenvalue weighted by molar-refractivity contribution is 0.0593. The second-order valence-corrected chi connectivity index (χ2v) is 4.87. The van der Waals surface area contributed by atoms with E-state index in [9.17, 15) is 4.79 Å². The summed E-state index contributed by atoms with van der Waals surface area (Å²) in [7, 11) is 1.35. The lowest BCUT2D eigenvalue weighted by atomic mass is 10.2. The number of methoxy groups -OCH3 is 1. The number of rotatable bonds is 3. The highest BCUT2D eigenvalue weighted by Crippen LogP contribution is 2.14. The van der Waals surface area contributed by atoms with E-state index in [1.54, 1.807) is 6.20 Å². The molecule has 0 amide bonds. The Hall–Kier alpha value is -1.69. The van der Waals surface area contributed by atoms with E-state index in [1.807, 2.05) is 0 Å². The molecular weight excluding hydrogens is 244 g/mol. The first kappa shape index (κ1) is 13.7. The summed E-state index contributed by atoms with van der Waals surface area (Å²) in [5.74, 6) is 0.293. The number of carbonyl (C=O) groups excluding carboxylic acids is 1. The fraction of sp³-hybridized carbons (Fsp3) is 0.615. The van der Waals surface area contributed by atoms with Crippen LogP contribution in [0.15, 0.2) is 12.4 Å². The van der Waals surface area contributed by atoms with E-state index in [0.29, 0.717) is 6.04 Å². The highest BCUT2D eigenvalue weighted by atomic mass is 16.5. The molecule has 0 N–H and O–H groups in total. The number of esters is 1. The monoisotopic (exact) mass is 264 g/mol. The predicted molar refractivity (Wildman–Crippen MR) is 72.3 cm³/mol. The van der Waals surface area contributed by atoms with Gasteiger partial charge in [-0.1, -0.05) is 0 Å². The van der Waals surface area contributed by atoms with E-state index in [4.69, 9.17) is 0 Å². The Labute approximate surface area is 113 Å². The van der Waals surface area contributed by atoms with Crippen LogP contribution in [0.5, 0.6) is 0 Å². The summed E-state index contributed by atoms with van der Waals surface area (Å²) >= 11 is 0. The molecule has 6 heteroatoms. The lowest BCUT2D eigenvalue weighted by Crippen LogP contribution is -2.49. The maximum Gasteiger partial charge on any atom is 0.358 e. The van der Waals surface area contributed by atoms with Crippen LogP contribution in [-0.2, 0) is 4.74 Å². The summed E-state index contributed by atoms with van der Waals surface area (Å²) < 4.78 is 4.66. The molecule has 1 aliphatic heterocycles. The van der Waals surface area contributed by atoms with Gasteiger partial charge in [-0.05, 0) is 13.8 Å². The maximum atomic E-state index is 11.4. The van der Waals surface area contributed by atoms with E-state index in [1.165, 1.54) is 13.3 Å². The maximum absolute atomic E-state index is 11.4. The van der Waals surface area contributed by atoms with E-state index >= 15 is 0 Å². The van der Waals surface area contributed by atoms with Crippen molar-refractivity contribution in [2.24, 2.45) is 0 Å². The summed E-state index contributed by atoms with van der Waals surface area (Å²) in [5, 5.41) is 0. The fourth-order valence-corrected chi connectivity index (χ4v) is 2.18. The normalized spacial score (nSPS) is 16.7. The van der Waals surface area contributed by atoms with E-state index < -0.39 is 5.97 Å². The Balaban J connectivity index is 2.05. The minimum absolute atomic E-state index is 0.256. The van der Waals surface area contributed by atoms with Gasteiger partial charge in [-0.3, -0.25) is 9.88 Å². The number of ether oxygens (including phenoxy) is 1. The third-order valence-electron chi connectivity index (χ3n) is 3.38. The van der Waals surface area contributed by atoms with Gasteiger partial charge < -0.3 is 9.64 Å². The third kappa shape index (κ3) is 3.20. The van der Waals surface area contributed by atoms with Gasteiger partial charge in [0.1, 0.15) is 5.82 Å². The van der Waals surface area contributed by atoms with Crippen LogP contribution in [0.1, 0.15) is 24.3 Å². The largest absolute Gasteiger partial charge is 0.464 e. The molecule has 104 valence electrons. The zero-order chi connectivity index (χ0) is 13.8. The second kappa shape index (κ2) is 5.97. The van der Waals surface area contributed by atoms with Crippen molar-refractivity contribution in [1.29, 1.82) is 0 Å². The topological polar surface area (TPSA) is 58.6 Å². The molecule has 1 aliphatic rings. The Kier molecular flexibility index (Phi) is 4.31. The lowest BCUT2D eigenvalue weighted by Gasteiger charge is -2.37. The van der Waals surface area contributed by atoms with Crippen molar-refractivity contribution in [1.82, 2.24) is 14.9 Å². The van der Waals surface area contributed by atoms with Crippen LogP contribution in [0.4, 0.5) is 5.82 Å². The van der Waals surface area contributed by atoms with Gasteiger partial charge in [0, 0.05) is 32.2 Å². The molecule has 2 rings (SSSR count). The Bertz CT molecular complexity index is 442. The highest BCUT2D eigenvalue weighted by molar-refractivity contribution is 5.87. The van der Waals surface area contributed by atoms with E-state index in [2.05, 4.69) is 38.4 Å². The zero-order valence-corrected chi connectivity index (χ0v) is 11.7. The van der Waals surface area contributed by atoms with E-state index in [0.717, 1.165) is 32.0 Å². The third-order valence-corrected chi connectivity index (χ3v) is 3.38. The Morgan fingerprint density at radius 3 is 2.53 bits per heavy atom. The first-order valence-corrected chi connectivity index (χ1v) is 6.51. The molecule has 0 atom stereocenters. The van der Waals surface area contributed by atoms with Crippen LogP contribution in [0.2, 0.25) is 0 Å². The van der Waals surface area contributed by atoms with Gasteiger partial charge in [-0.15, -0.1) is 0 Å². The number of piperazine rings is 1. The number of hydrogen-bond donors (Lipinski definition) is 0. The highest BCUT2D eigenvalue weighted by Gasteiger charge is 2.20. The summed E-state index contributed by atoms with van der Waals surface area (Å²) in [6, 6.07) is 0.564. The van der Waals surface area contributed by atoms with Crippen LogP contribution in [0.3, 0.4) is 0 Å². The molecule has 0 unspecified atom stereocenters. The minimum Gasteiger partial charge on any atom is -0.464 e. The van der Waals surface area contributed by atoms with Crippen molar-refractivity contribution in [3.8, 4) is 0 Å². The van der Waals surface area contributed by atoms with Gasteiger partial charge in [0.25, 0.3) is 0 Å². The summed E-state index contributed by atoms with van der Waals surface area (Å²) in [6.07, 6.45) is 3.12. The molecule has 6 nitrogen and oxygen atoms in total. The van der Waals surface area contributed by atoms with Gasteiger partial charge in [0.15, 0.2) is 5.69 Å². The van der Waals surface area contributed by atoms with Crippen LogP contribution in [0.25, 0.3) is 0 Å². The standard InChI is InChI=1S/C13H20N4O2/c1-10(2)16-4-6-17(7-5-16)12-9-14-8-11(15-12)13(18)19-3/h8-10H,4-7H2,1-3H3. The van der Waals surface area contributed by atoms with Gasteiger partial charge >= 0.3 is 5.97 Å². The van der Waals surface area contributed by atoms with Gasteiger partial charge in [-0.2, -0.15) is 0 Å². The zero-order valence-electron chi connectivity index (χ0n) is 11.7. The molecule has 0 aromatic carbocycles. The molecule has 0 spiro atoms. The number of hydrogen-bond acceptors (Lipinski definition) is 6. The first-order chi connectivity index (χ1) is 9.11. The van der Waals surface area contributed by atoms with Crippen LogP contribution in [0, 0.1) is 0 Å².